The maximum atomic E-state index is 13.1. The number of hydrogen-bond donors (Lipinski definition) is 1. The van der Waals surface area contributed by atoms with Gasteiger partial charge in [-0.25, -0.2) is 4.39 Å². The Morgan fingerprint density at radius 2 is 2.15 bits per heavy atom. The van der Waals surface area contributed by atoms with Crippen molar-refractivity contribution in [2.24, 2.45) is 0 Å². The summed E-state index contributed by atoms with van der Waals surface area (Å²) in [6.07, 6.45) is 3.24. The maximum absolute atomic E-state index is 13.1. The molecule has 1 aromatic carbocycles. The van der Waals surface area contributed by atoms with Crippen LogP contribution in [0.1, 0.15) is 5.56 Å². The van der Waals surface area contributed by atoms with E-state index in [4.69, 9.17) is 5.11 Å². The first kappa shape index (κ1) is 16.3. The normalized spacial score (nSPS) is 11.2. The molecule has 0 heterocycles. The molecule has 0 bridgehead atoms. The van der Waals surface area contributed by atoms with E-state index in [1.54, 1.807) is 18.2 Å². The molecule has 0 spiro atoms. The van der Waals surface area contributed by atoms with Crippen LogP contribution in [0.15, 0.2) is 36.4 Å². The van der Waals surface area contributed by atoms with Gasteiger partial charge in [-0.3, -0.25) is 4.79 Å². The Morgan fingerprint density at radius 1 is 1.40 bits per heavy atom. The minimum atomic E-state index is -0.331. The Hall–Kier alpha value is -1.72. The minimum absolute atomic E-state index is 0.122. The Balaban J connectivity index is 2.68. The molecule has 0 fully saturated rings. The zero-order valence-corrected chi connectivity index (χ0v) is 11.9. The number of benzene rings is 1. The van der Waals surface area contributed by atoms with E-state index >= 15 is 0 Å². The second-order valence-electron chi connectivity index (χ2n) is 4.78. The van der Waals surface area contributed by atoms with Gasteiger partial charge < -0.3 is 14.9 Å². The molecule has 0 saturated carbocycles. The molecule has 0 unspecified atom stereocenters. The van der Waals surface area contributed by atoms with E-state index in [9.17, 15) is 9.18 Å². The standard InChI is InChI=1S/C15H21FN2O2/c1-17(2)8-4-7-15(20)18(9-10-19)12-13-5-3-6-14(16)11-13/h3-7,11,19H,8-10,12H2,1-2H3/b7-4+. The van der Waals surface area contributed by atoms with Crippen LogP contribution in [0.3, 0.4) is 0 Å². The monoisotopic (exact) mass is 280 g/mol. The van der Waals surface area contributed by atoms with Crippen molar-refractivity contribution in [2.45, 2.75) is 6.54 Å². The number of carbonyl (C=O) groups excluding carboxylic acids is 1. The number of halogens is 1. The Morgan fingerprint density at radius 3 is 2.75 bits per heavy atom. The van der Waals surface area contributed by atoms with Crippen molar-refractivity contribution in [3.05, 3.63) is 47.8 Å². The van der Waals surface area contributed by atoms with Crippen LogP contribution in [0.5, 0.6) is 0 Å². The summed E-state index contributed by atoms with van der Waals surface area (Å²) in [7, 11) is 3.82. The summed E-state index contributed by atoms with van der Waals surface area (Å²) < 4.78 is 13.1. The zero-order chi connectivity index (χ0) is 15.0. The Labute approximate surface area is 119 Å². The number of amides is 1. The lowest BCUT2D eigenvalue weighted by Gasteiger charge is -2.20. The highest BCUT2D eigenvalue weighted by molar-refractivity contribution is 5.87. The van der Waals surface area contributed by atoms with E-state index in [1.165, 1.54) is 23.1 Å². The third-order valence-corrected chi connectivity index (χ3v) is 2.68. The third kappa shape index (κ3) is 5.95. The summed E-state index contributed by atoms with van der Waals surface area (Å²) in [5.74, 6) is -0.521. The number of hydrogen-bond acceptors (Lipinski definition) is 3. The molecule has 0 aliphatic carbocycles. The number of carbonyl (C=O) groups is 1. The molecule has 4 nitrogen and oxygen atoms in total. The highest BCUT2D eigenvalue weighted by atomic mass is 19.1. The summed E-state index contributed by atoms with van der Waals surface area (Å²) in [6, 6.07) is 6.11. The third-order valence-electron chi connectivity index (χ3n) is 2.68. The van der Waals surface area contributed by atoms with Crippen molar-refractivity contribution in [1.29, 1.82) is 0 Å². The van der Waals surface area contributed by atoms with Crippen molar-refractivity contribution < 1.29 is 14.3 Å². The lowest BCUT2D eigenvalue weighted by Crippen LogP contribution is -2.31. The smallest absolute Gasteiger partial charge is 0.246 e. The summed E-state index contributed by atoms with van der Waals surface area (Å²) in [5.41, 5.74) is 0.702. The van der Waals surface area contributed by atoms with Crippen LogP contribution in [0, 0.1) is 5.82 Å². The average molecular weight is 280 g/mol. The van der Waals surface area contributed by atoms with Gasteiger partial charge >= 0.3 is 0 Å². The van der Waals surface area contributed by atoms with Gasteiger partial charge in [0.1, 0.15) is 5.82 Å². The molecule has 0 aliphatic rings. The van der Waals surface area contributed by atoms with Gasteiger partial charge in [-0.15, -0.1) is 0 Å². The molecular weight excluding hydrogens is 259 g/mol. The number of aliphatic hydroxyl groups excluding tert-OH is 1. The van der Waals surface area contributed by atoms with E-state index in [1.807, 2.05) is 19.0 Å². The van der Waals surface area contributed by atoms with Gasteiger partial charge in [-0.1, -0.05) is 18.2 Å². The van der Waals surface area contributed by atoms with Gasteiger partial charge in [-0.2, -0.15) is 0 Å². The second kappa shape index (κ2) is 8.45. The summed E-state index contributed by atoms with van der Waals surface area (Å²) in [6.45, 7) is 1.05. The fourth-order valence-electron chi connectivity index (χ4n) is 1.71. The molecule has 110 valence electrons. The predicted molar refractivity (Wildman–Crippen MR) is 76.6 cm³/mol. The molecular formula is C15H21FN2O2. The number of nitrogens with zero attached hydrogens (tertiary/aromatic N) is 2. The van der Waals surface area contributed by atoms with E-state index in [2.05, 4.69) is 0 Å². The molecule has 0 saturated heterocycles. The van der Waals surface area contributed by atoms with Crippen LogP contribution in [0.2, 0.25) is 0 Å². The molecule has 0 aromatic heterocycles. The molecule has 5 heteroatoms. The molecule has 0 atom stereocenters. The molecule has 0 aliphatic heterocycles. The Bertz CT molecular complexity index is 461. The fraction of sp³-hybridized carbons (Fsp3) is 0.400. The van der Waals surface area contributed by atoms with Crippen LogP contribution in [0.4, 0.5) is 4.39 Å². The number of aliphatic hydroxyl groups is 1. The van der Waals surface area contributed by atoms with Crippen LogP contribution in [0.25, 0.3) is 0 Å². The SMILES string of the molecule is CN(C)C/C=C/C(=O)N(CCO)Cc1cccc(F)c1. The summed E-state index contributed by atoms with van der Waals surface area (Å²) >= 11 is 0. The molecule has 20 heavy (non-hydrogen) atoms. The van der Waals surface area contributed by atoms with Crippen molar-refractivity contribution in [1.82, 2.24) is 9.80 Å². The van der Waals surface area contributed by atoms with Crippen LogP contribution in [-0.4, -0.2) is 54.6 Å². The predicted octanol–water partition coefficient (Wildman–Crippen LogP) is 1.26. The van der Waals surface area contributed by atoms with E-state index in [0.717, 1.165) is 0 Å². The van der Waals surface area contributed by atoms with Crippen LogP contribution >= 0.6 is 0 Å². The van der Waals surface area contributed by atoms with E-state index in [-0.39, 0.29) is 31.4 Å². The highest BCUT2D eigenvalue weighted by Gasteiger charge is 2.11. The van der Waals surface area contributed by atoms with Crippen molar-refractivity contribution in [3.63, 3.8) is 0 Å². The topological polar surface area (TPSA) is 43.8 Å². The summed E-state index contributed by atoms with van der Waals surface area (Å²) in [4.78, 5) is 15.4. The van der Waals surface area contributed by atoms with Gasteiger partial charge in [0.15, 0.2) is 0 Å². The average Bonchev–Trinajstić information content (AvgIpc) is 2.37. The maximum Gasteiger partial charge on any atom is 0.246 e. The second-order valence-corrected chi connectivity index (χ2v) is 4.78. The highest BCUT2D eigenvalue weighted by Crippen LogP contribution is 2.08. The van der Waals surface area contributed by atoms with E-state index in [0.29, 0.717) is 12.1 Å². The van der Waals surface area contributed by atoms with Gasteiger partial charge in [-0.05, 0) is 31.8 Å². The molecule has 1 rings (SSSR count). The van der Waals surface area contributed by atoms with Crippen molar-refractivity contribution >= 4 is 5.91 Å². The lowest BCUT2D eigenvalue weighted by molar-refractivity contribution is -0.127. The first-order valence-corrected chi connectivity index (χ1v) is 6.48. The first-order valence-electron chi connectivity index (χ1n) is 6.48. The van der Waals surface area contributed by atoms with Crippen LogP contribution in [-0.2, 0) is 11.3 Å². The van der Waals surface area contributed by atoms with Gasteiger partial charge in [0, 0.05) is 25.7 Å². The number of rotatable bonds is 7. The zero-order valence-electron chi connectivity index (χ0n) is 11.9. The van der Waals surface area contributed by atoms with Crippen molar-refractivity contribution in [3.8, 4) is 0 Å². The Kier molecular flexibility index (Phi) is 6.90. The molecule has 0 radical (unpaired) electrons. The first-order chi connectivity index (χ1) is 9.52. The lowest BCUT2D eigenvalue weighted by atomic mass is 10.2. The van der Waals surface area contributed by atoms with Gasteiger partial charge in [0.25, 0.3) is 0 Å². The molecule has 1 amide bonds. The fourth-order valence-corrected chi connectivity index (χ4v) is 1.71. The summed E-state index contributed by atoms with van der Waals surface area (Å²) in [5, 5.41) is 9.03. The van der Waals surface area contributed by atoms with Gasteiger partial charge in [0.2, 0.25) is 5.91 Å². The largest absolute Gasteiger partial charge is 0.395 e. The van der Waals surface area contributed by atoms with E-state index < -0.39 is 0 Å². The molecule has 1 N–H and O–H groups in total. The quantitative estimate of drug-likeness (QED) is 0.765. The van der Waals surface area contributed by atoms with Gasteiger partial charge in [0.05, 0.1) is 6.61 Å². The van der Waals surface area contributed by atoms with Crippen LogP contribution < -0.4 is 0 Å². The minimum Gasteiger partial charge on any atom is -0.395 e. The molecule has 1 aromatic rings. The van der Waals surface area contributed by atoms with Crippen molar-refractivity contribution in [2.75, 3.05) is 33.8 Å². The number of likely N-dealkylation sites (N-methyl/N-ethyl adjacent to an activating group) is 1.